The molecule has 0 unspecified atom stereocenters. The topological polar surface area (TPSA) is 80.7 Å². The van der Waals surface area contributed by atoms with Gasteiger partial charge in [-0.2, -0.15) is 0 Å². The number of ether oxygens (including phenoxy) is 2. The van der Waals surface area contributed by atoms with E-state index in [-0.39, 0.29) is 5.56 Å². The average Bonchev–Trinajstić information content (AvgIpc) is 2.42. The molecule has 0 bridgehead atoms. The summed E-state index contributed by atoms with van der Waals surface area (Å²) in [4.78, 5) is 14.7. The Morgan fingerprint density at radius 2 is 2.16 bits per heavy atom. The van der Waals surface area contributed by atoms with E-state index in [1.165, 1.54) is 12.3 Å². The molecule has 1 aromatic rings. The van der Waals surface area contributed by atoms with E-state index < -0.39 is 5.97 Å². The van der Waals surface area contributed by atoms with Gasteiger partial charge in [-0.25, -0.2) is 9.78 Å². The SMILES string of the molecule is COCCOCCCCNc1ccc(C(=O)O)cn1. The number of pyridine rings is 1. The molecular formula is C13H20N2O4. The summed E-state index contributed by atoms with van der Waals surface area (Å²) in [5.74, 6) is -0.280. The Morgan fingerprint density at radius 3 is 2.79 bits per heavy atom. The minimum atomic E-state index is -0.966. The van der Waals surface area contributed by atoms with Crippen LogP contribution in [0.1, 0.15) is 23.2 Å². The van der Waals surface area contributed by atoms with Gasteiger partial charge >= 0.3 is 5.97 Å². The first-order chi connectivity index (χ1) is 9.24. The molecule has 19 heavy (non-hydrogen) atoms. The maximum absolute atomic E-state index is 10.6. The Bertz CT molecular complexity index is 367. The van der Waals surface area contributed by atoms with Crippen LogP contribution in [-0.4, -0.2) is 49.5 Å². The maximum atomic E-state index is 10.6. The van der Waals surface area contributed by atoms with Gasteiger partial charge in [-0.05, 0) is 25.0 Å². The summed E-state index contributed by atoms with van der Waals surface area (Å²) in [5, 5.41) is 11.9. The molecule has 0 spiro atoms. The lowest BCUT2D eigenvalue weighted by Gasteiger charge is -2.06. The lowest BCUT2D eigenvalue weighted by Crippen LogP contribution is -2.07. The summed E-state index contributed by atoms with van der Waals surface area (Å²) in [6, 6.07) is 3.20. The predicted octanol–water partition coefficient (Wildman–Crippen LogP) is 1.63. The molecule has 6 nitrogen and oxygen atoms in total. The van der Waals surface area contributed by atoms with Gasteiger partial charge in [0.1, 0.15) is 5.82 Å². The van der Waals surface area contributed by atoms with Gasteiger partial charge in [0.05, 0.1) is 18.8 Å². The molecule has 0 amide bonds. The molecule has 2 N–H and O–H groups in total. The third kappa shape index (κ3) is 6.73. The van der Waals surface area contributed by atoms with Crippen LogP contribution in [0.4, 0.5) is 5.82 Å². The predicted molar refractivity (Wildman–Crippen MR) is 71.6 cm³/mol. The second kappa shape index (κ2) is 9.29. The van der Waals surface area contributed by atoms with E-state index in [1.807, 2.05) is 0 Å². The van der Waals surface area contributed by atoms with Gasteiger partial charge in [-0.15, -0.1) is 0 Å². The number of aromatic carboxylic acids is 1. The van der Waals surface area contributed by atoms with Crippen molar-refractivity contribution < 1.29 is 19.4 Å². The molecule has 1 rings (SSSR count). The van der Waals surface area contributed by atoms with Gasteiger partial charge < -0.3 is 19.9 Å². The van der Waals surface area contributed by atoms with Gasteiger partial charge in [0.15, 0.2) is 0 Å². The van der Waals surface area contributed by atoms with E-state index >= 15 is 0 Å². The molecule has 0 atom stereocenters. The fourth-order valence-corrected chi connectivity index (χ4v) is 1.41. The highest BCUT2D eigenvalue weighted by molar-refractivity contribution is 5.87. The maximum Gasteiger partial charge on any atom is 0.337 e. The molecule has 0 aromatic carbocycles. The van der Waals surface area contributed by atoms with E-state index in [0.29, 0.717) is 19.0 Å². The van der Waals surface area contributed by atoms with Crippen molar-refractivity contribution in [3.05, 3.63) is 23.9 Å². The van der Waals surface area contributed by atoms with E-state index in [2.05, 4.69) is 10.3 Å². The summed E-state index contributed by atoms with van der Waals surface area (Å²) in [5.41, 5.74) is 0.192. The summed E-state index contributed by atoms with van der Waals surface area (Å²) < 4.78 is 10.2. The Hall–Kier alpha value is -1.66. The van der Waals surface area contributed by atoms with Crippen molar-refractivity contribution in [2.75, 3.05) is 38.8 Å². The van der Waals surface area contributed by atoms with Gasteiger partial charge in [0, 0.05) is 26.5 Å². The molecule has 106 valence electrons. The number of hydrogen-bond acceptors (Lipinski definition) is 5. The van der Waals surface area contributed by atoms with Crippen molar-refractivity contribution in [2.45, 2.75) is 12.8 Å². The first kappa shape index (κ1) is 15.4. The number of carbonyl (C=O) groups is 1. The number of unbranched alkanes of at least 4 members (excludes halogenated alkanes) is 1. The smallest absolute Gasteiger partial charge is 0.337 e. The van der Waals surface area contributed by atoms with Crippen molar-refractivity contribution in [3.8, 4) is 0 Å². The minimum absolute atomic E-state index is 0.192. The third-order valence-electron chi connectivity index (χ3n) is 2.46. The number of hydrogen-bond donors (Lipinski definition) is 2. The molecule has 0 fully saturated rings. The summed E-state index contributed by atoms with van der Waals surface area (Å²) in [6.07, 6.45) is 3.28. The van der Waals surface area contributed by atoms with Crippen LogP contribution in [0.2, 0.25) is 0 Å². The van der Waals surface area contributed by atoms with E-state index in [4.69, 9.17) is 14.6 Å². The zero-order valence-electron chi connectivity index (χ0n) is 11.1. The summed E-state index contributed by atoms with van der Waals surface area (Å²) in [7, 11) is 1.65. The van der Waals surface area contributed by atoms with Crippen molar-refractivity contribution in [1.82, 2.24) is 4.98 Å². The van der Waals surface area contributed by atoms with Crippen LogP contribution in [0.25, 0.3) is 0 Å². The Morgan fingerprint density at radius 1 is 1.32 bits per heavy atom. The lowest BCUT2D eigenvalue weighted by atomic mass is 10.3. The molecule has 0 saturated heterocycles. The van der Waals surface area contributed by atoms with E-state index in [0.717, 1.165) is 26.0 Å². The first-order valence-electron chi connectivity index (χ1n) is 6.24. The van der Waals surface area contributed by atoms with Gasteiger partial charge in [0.2, 0.25) is 0 Å². The van der Waals surface area contributed by atoms with Crippen LogP contribution in [0, 0.1) is 0 Å². The monoisotopic (exact) mass is 268 g/mol. The molecular weight excluding hydrogens is 248 g/mol. The van der Waals surface area contributed by atoms with Crippen molar-refractivity contribution in [2.24, 2.45) is 0 Å². The number of carboxylic acids is 1. The second-order valence-electron chi connectivity index (χ2n) is 3.98. The van der Waals surface area contributed by atoms with E-state index in [9.17, 15) is 4.79 Å². The minimum Gasteiger partial charge on any atom is -0.478 e. The molecule has 0 saturated carbocycles. The molecule has 1 heterocycles. The number of aromatic nitrogens is 1. The Balaban J connectivity index is 2.07. The molecule has 0 aliphatic carbocycles. The second-order valence-corrected chi connectivity index (χ2v) is 3.98. The fourth-order valence-electron chi connectivity index (χ4n) is 1.41. The van der Waals surface area contributed by atoms with Crippen LogP contribution < -0.4 is 5.32 Å². The number of carboxylic acid groups (broad SMARTS) is 1. The van der Waals surface area contributed by atoms with Crippen molar-refractivity contribution in [1.29, 1.82) is 0 Å². The molecule has 6 heteroatoms. The molecule has 0 aliphatic rings. The normalized spacial score (nSPS) is 10.4. The number of anilines is 1. The van der Waals surface area contributed by atoms with Crippen LogP contribution in [-0.2, 0) is 9.47 Å². The number of methoxy groups -OCH3 is 1. The fraction of sp³-hybridized carbons (Fsp3) is 0.538. The highest BCUT2D eigenvalue weighted by atomic mass is 16.5. The standard InChI is InChI=1S/C13H20N2O4/c1-18-8-9-19-7-3-2-6-14-12-5-4-11(10-15-12)13(16)17/h4-5,10H,2-3,6-9H2,1H3,(H,14,15)(H,16,17). The van der Waals surface area contributed by atoms with Crippen LogP contribution >= 0.6 is 0 Å². The Kier molecular flexibility index (Phi) is 7.53. The largest absolute Gasteiger partial charge is 0.478 e. The van der Waals surface area contributed by atoms with Crippen LogP contribution in [0.3, 0.4) is 0 Å². The quantitative estimate of drug-likeness (QED) is 0.628. The van der Waals surface area contributed by atoms with Gasteiger partial charge in [-0.1, -0.05) is 0 Å². The molecule has 1 aromatic heterocycles. The summed E-state index contributed by atoms with van der Waals surface area (Å²) in [6.45, 7) is 2.75. The van der Waals surface area contributed by atoms with Gasteiger partial charge in [0.25, 0.3) is 0 Å². The molecule has 0 radical (unpaired) electrons. The Labute approximate surface area is 112 Å². The van der Waals surface area contributed by atoms with Crippen LogP contribution in [0.15, 0.2) is 18.3 Å². The highest BCUT2D eigenvalue weighted by Crippen LogP contribution is 2.05. The van der Waals surface area contributed by atoms with Crippen molar-refractivity contribution >= 4 is 11.8 Å². The number of nitrogens with one attached hydrogen (secondary N) is 1. The summed E-state index contributed by atoms with van der Waals surface area (Å²) >= 11 is 0. The first-order valence-corrected chi connectivity index (χ1v) is 6.24. The zero-order chi connectivity index (χ0) is 13.9. The zero-order valence-corrected chi connectivity index (χ0v) is 11.1. The number of nitrogens with zero attached hydrogens (tertiary/aromatic N) is 1. The van der Waals surface area contributed by atoms with Gasteiger partial charge in [-0.3, -0.25) is 0 Å². The van der Waals surface area contributed by atoms with Crippen molar-refractivity contribution in [3.63, 3.8) is 0 Å². The molecule has 0 aliphatic heterocycles. The van der Waals surface area contributed by atoms with E-state index in [1.54, 1.807) is 13.2 Å². The highest BCUT2D eigenvalue weighted by Gasteiger charge is 2.02. The lowest BCUT2D eigenvalue weighted by molar-refractivity contribution is 0.0690. The number of rotatable bonds is 10. The average molecular weight is 268 g/mol. The van der Waals surface area contributed by atoms with Crippen LogP contribution in [0.5, 0.6) is 0 Å². The third-order valence-corrected chi connectivity index (χ3v) is 2.46.